The van der Waals surface area contributed by atoms with Gasteiger partial charge in [-0.05, 0) is 24.3 Å². The molecule has 0 aromatic carbocycles. The van der Waals surface area contributed by atoms with E-state index in [0.717, 1.165) is 11.5 Å². The van der Waals surface area contributed by atoms with Gasteiger partial charge in [-0.2, -0.15) is 0 Å². The van der Waals surface area contributed by atoms with Crippen LogP contribution in [0.15, 0.2) is 47.2 Å². The van der Waals surface area contributed by atoms with Crippen LogP contribution in [0.25, 0.3) is 0 Å². The summed E-state index contributed by atoms with van der Waals surface area (Å²) < 4.78 is 5.16. The molecule has 0 aliphatic rings. The van der Waals surface area contributed by atoms with Gasteiger partial charge in [0.05, 0.1) is 12.4 Å². The van der Waals surface area contributed by atoms with E-state index in [1.165, 1.54) is 0 Å². The number of rotatable bonds is 4. The summed E-state index contributed by atoms with van der Waals surface area (Å²) >= 11 is 0. The van der Waals surface area contributed by atoms with Crippen LogP contribution in [-0.4, -0.2) is 16.2 Å². The van der Waals surface area contributed by atoms with Crippen LogP contribution in [0.3, 0.4) is 0 Å². The van der Waals surface area contributed by atoms with E-state index in [1.54, 1.807) is 12.5 Å². The highest BCUT2D eigenvalue weighted by Crippen LogP contribution is 2.07. The standard InChI is InChI=1S/C12H13NO2/c14-11(9-12-5-3-7-15-12)8-10-4-1-2-6-13-10/h1-7,11,14H,8-9H2. The van der Waals surface area contributed by atoms with E-state index >= 15 is 0 Å². The van der Waals surface area contributed by atoms with Crippen LogP contribution in [0.2, 0.25) is 0 Å². The quantitative estimate of drug-likeness (QED) is 0.824. The van der Waals surface area contributed by atoms with E-state index in [1.807, 2.05) is 30.3 Å². The number of hydrogen-bond acceptors (Lipinski definition) is 3. The first-order valence-corrected chi connectivity index (χ1v) is 4.95. The fourth-order valence-electron chi connectivity index (χ4n) is 1.49. The molecular formula is C12H13NO2. The molecule has 1 N–H and O–H groups in total. The van der Waals surface area contributed by atoms with E-state index in [9.17, 15) is 5.11 Å². The molecule has 1 unspecified atom stereocenters. The molecular weight excluding hydrogens is 190 g/mol. The van der Waals surface area contributed by atoms with Crippen molar-refractivity contribution in [2.24, 2.45) is 0 Å². The van der Waals surface area contributed by atoms with Gasteiger partial charge in [-0.3, -0.25) is 4.98 Å². The Morgan fingerprint density at radius 2 is 2.13 bits per heavy atom. The molecule has 78 valence electrons. The smallest absolute Gasteiger partial charge is 0.106 e. The third-order valence-electron chi connectivity index (χ3n) is 2.19. The molecule has 0 radical (unpaired) electrons. The maximum Gasteiger partial charge on any atom is 0.106 e. The summed E-state index contributed by atoms with van der Waals surface area (Å²) in [6.07, 6.45) is 3.99. The van der Waals surface area contributed by atoms with E-state index in [4.69, 9.17) is 4.42 Å². The molecule has 0 aliphatic carbocycles. The lowest BCUT2D eigenvalue weighted by atomic mass is 10.1. The van der Waals surface area contributed by atoms with Crippen molar-refractivity contribution in [2.45, 2.75) is 18.9 Å². The summed E-state index contributed by atoms with van der Waals surface area (Å²) in [5.41, 5.74) is 0.900. The molecule has 2 aromatic heterocycles. The molecule has 0 saturated heterocycles. The summed E-state index contributed by atoms with van der Waals surface area (Å²) in [5, 5.41) is 9.77. The first-order chi connectivity index (χ1) is 7.34. The van der Waals surface area contributed by atoms with Gasteiger partial charge in [0.25, 0.3) is 0 Å². The number of aromatic nitrogens is 1. The van der Waals surface area contributed by atoms with Crippen molar-refractivity contribution in [3.05, 3.63) is 54.2 Å². The Labute approximate surface area is 88.4 Å². The van der Waals surface area contributed by atoms with Gasteiger partial charge in [-0.25, -0.2) is 0 Å². The van der Waals surface area contributed by atoms with Gasteiger partial charge in [-0.1, -0.05) is 6.07 Å². The predicted octanol–water partition coefficient (Wildman–Crippen LogP) is 1.82. The van der Waals surface area contributed by atoms with E-state index in [-0.39, 0.29) is 0 Å². The van der Waals surface area contributed by atoms with E-state index in [0.29, 0.717) is 12.8 Å². The number of furan rings is 1. The SMILES string of the molecule is OC(Cc1ccccn1)Cc1ccco1. The summed E-state index contributed by atoms with van der Waals surface area (Å²) in [5.74, 6) is 0.804. The summed E-state index contributed by atoms with van der Waals surface area (Å²) in [6.45, 7) is 0. The molecule has 0 spiro atoms. The average molecular weight is 203 g/mol. The fourth-order valence-corrected chi connectivity index (χ4v) is 1.49. The van der Waals surface area contributed by atoms with Gasteiger partial charge < -0.3 is 9.52 Å². The summed E-state index contributed by atoms with van der Waals surface area (Å²) in [7, 11) is 0. The minimum atomic E-state index is -0.439. The Hall–Kier alpha value is -1.61. The zero-order chi connectivity index (χ0) is 10.5. The van der Waals surface area contributed by atoms with E-state index in [2.05, 4.69) is 4.98 Å². The number of aliphatic hydroxyl groups excluding tert-OH is 1. The highest BCUT2D eigenvalue weighted by molar-refractivity contribution is 5.06. The molecule has 0 aliphatic heterocycles. The number of pyridine rings is 1. The van der Waals surface area contributed by atoms with E-state index < -0.39 is 6.10 Å². The third-order valence-corrected chi connectivity index (χ3v) is 2.19. The zero-order valence-corrected chi connectivity index (χ0v) is 8.34. The molecule has 2 rings (SSSR count). The fraction of sp³-hybridized carbons (Fsp3) is 0.250. The largest absolute Gasteiger partial charge is 0.469 e. The second kappa shape index (κ2) is 4.75. The van der Waals surface area contributed by atoms with Crippen molar-refractivity contribution in [1.82, 2.24) is 4.98 Å². The van der Waals surface area contributed by atoms with Crippen molar-refractivity contribution in [1.29, 1.82) is 0 Å². The molecule has 1 atom stereocenters. The van der Waals surface area contributed by atoms with Crippen molar-refractivity contribution < 1.29 is 9.52 Å². The Morgan fingerprint density at radius 3 is 2.80 bits per heavy atom. The van der Waals surface area contributed by atoms with Crippen LogP contribution in [0, 0.1) is 0 Å². The van der Waals surface area contributed by atoms with Gasteiger partial charge in [0, 0.05) is 24.7 Å². The Bertz CT molecular complexity index is 383. The maximum absolute atomic E-state index is 9.77. The van der Waals surface area contributed by atoms with Crippen LogP contribution < -0.4 is 0 Å². The molecule has 2 aromatic rings. The highest BCUT2D eigenvalue weighted by atomic mass is 16.3. The normalized spacial score (nSPS) is 12.6. The minimum Gasteiger partial charge on any atom is -0.469 e. The molecule has 0 fully saturated rings. The monoisotopic (exact) mass is 203 g/mol. The lowest BCUT2D eigenvalue weighted by Crippen LogP contribution is -2.14. The third kappa shape index (κ3) is 2.92. The van der Waals surface area contributed by atoms with Crippen LogP contribution in [0.5, 0.6) is 0 Å². The predicted molar refractivity (Wildman–Crippen MR) is 56.4 cm³/mol. The second-order valence-electron chi connectivity index (χ2n) is 3.46. The Kier molecular flexibility index (Phi) is 3.15. The number of aliphatic hydroxyl groups is 1. The highest BCUT2D eigenvalue weighted by Gasteiger charge is 2.08. The van der Waals surface area contributed by atoms with Gasteiger partial charge in [0.2, 0.25) is 0 Å². The molecule has 3 nitrogen and oxygen atoms in total. The van der Waals surface area contributed by atoms with Crippen molar-refractivity contribution in [2.75, 3.05) is 0 Å². The molecule has 0 amide bonds. The summed E-state index contributed by atoms with van der Waals surface area (Å²) in [4.78, 5) is 4.16. The first-order valence-electron chi connectivity index (χ1n) is 4.95. The average Bonchev–Trinajstić information content (AvgIpc) is 2.71. The van der Waals surface area contributed by atoms with Gasteiger partial charge in [0.1, 0.15) is 5.76 Å². The van der Waals surface area contributed by atoms with Crippen molar-refractivity contribution in [3.8, 4) is 0 Å². The molecule has 15 heavy (non-hydrogen) atoms. The van der Waals surface area contributed by atoms with Crippen molar-refractivity contribution >= 4 is 0 Å². The lowest BCUT2D eigenvalue weighted by Gasteiger charge is -2.07. The van der Waals surface area contributed by atoms with Gasteiger partial charge in [-0.15, -0.1) is 0 Å². The number of nitrogens with zero attached hydrogens (tertiary/aromatic N) is 1. The minimum absolute atomic E-state index is 0.439. The first kappa shape index (κ1) is 9.93. The molecule has 2 heterocycles. The van der Waals surface area contributed by atoms with Crippen LogP contribution >= 0.6 is 0 Å². The molecule has 3 heteroatoms. The van der Waals surface area contributed by atoms with Gasteiger partial charge in [0.15, 0.2) is 0 Å². The zero-order valence-electron chi connectivity index (χ0n) is 8.34. The van der Waals surface area contributed by atoms with Crippen LogP contribution in [-0.2, 0) is 12.8 Å². The Balaban J connectivity index is 1.90. The van der Waals surface area contributed by atoms with Crippen LogP contribution in [0.4, 0.5) is 0 Å². The molecule has 0 saturated carbocycles. The summed E-state index contributed by atoms with van der Waals surface area (Å²) in [6, 6.07) is 9.38. The van der Waals surface area contributed by atoms with Crippen molar-refractivity contribution in [3.63, 3.8) is 0 Å². The lowest BCUT2D eigenvalue weighted by molar-refractivity contribution is 0.166. The maximum atomic E-state index is 9.77. The topological polar surface area (TPSA) is 46.3 Å². The Morgan fingerprint density at radius 1 is 1.20 bits per heavy atom. The number of hydrogen-bond donors (Lipinski definition) is 1. The second-order valence-corrected chi connectivity index (χ2v) is 3.46. The van der Waals surface area contributed by atoms with Crippen LogP contribution in [0.1, 0.15) is 11.5 Å². The van der Waals surface area contributed by atoms with Gasteiger partial charge >= 0.3 is 0 Å². The molecule has 0 bridgehead atoms.